The maximum Gasteiger partial charge on any atom is 0.227 e. The van der Waals surface area contributed by atoms with Crippen LogP contribution in [0.3, 0.4) is 0 Å². The molecule has 2 N–H and O–H groups in total. The van der Waals surface area contributed by atoms with Gasteiger partial charge in [-0.3, -0.25) is 0 Å². The summed E-state index contributed by atoms with van der Waals surface area (Å²) < 4.78 is 5.39. The van der Waals surface area contributed by atoms with E-state index in [4.69, 9.17) is 10.3 Å². The SMILES string of the molecule is CN(C)CCc1noc(CC2(CN)CCCCC2)n1. The largest absolute Gasteiger partial charge is 0.339 e. The zero-order chi connectivity index (χ0) is 13.7. The molecule has 0 aromatic carbocycles. The number of nitrogens with zero attached hydrogens (tertiary/aromatic N) is 3. The minimum Gasteiger partial charge on any atom is -0.339 e. The predicted octanol–water partition coefficient (Wildman–Crippen LogP) is 1.63. The van der Waals surface area contributed by atoms with Crippen molar-refractivity contribution >= 4 is 0 Å². The summed E-state index contributed by atoms with van der Waals surface area (Å²) in [5.74, 6) is 1.58. The molecule has 1 aliphatic rings. The highest BCUT2D eigenvalue weighted by Gasteiger charge is 2.32. The third kappa shape index (κ3) is 4.01. The highest BCUT2D eigenvalue weighted by atomic mass is 16.5. The smallest absolute Gasteiger partial charge is 0.227 e. The second-order valence-electron chi connectivity index (χ2n) is 6.10. The Hall–Kier alpha value is -0.940. The van der Waals surface area contributed by atoms with Crippen molar-refractivity contribution in [1.29, 1.82) is 0 Å². The molecular weight excluding hydrogens is 240 g/mol. The number of likely N-dealkylation sites (N-methyl/N-ethyl adjacent to an activating group) is 1. The minimum atomic E-state index is 0.198. The van der Waals surface area contributed by atoms with Crippen LogP contribution in [0.15, 0.2) is 4.52 Å². The molecule has 0 radical (unpaired) electrons. The quantitative estimate of drug-likeness (QED) is 0.847. The lowest BCUT2D eigenvalue weighted by Gasteiger charge is -2.34. The van der Waals surface area contributed by atoms with Gasteiger partial charge in [-0.2, -0.15) is 4.98 Å². The summed E-state index contributed by atoms with van der Waals surface area (Å²) in [6.07, 6.45) is 7.96. The van der Waals surface area contributed by atoms with E-state index in [2.05, 4.69) is 15.0 Å². The lowest BCUT2D eigenvalue weighted by molar-refractivity contribution is 0.177. The Kier molecular flexibility index (Phi) is 4.93. The molecule has 5 heteroatoms. The average molecular weight is 266 g/mol. The molecule has 0 atom stereocenters. The first-order valence-electron chi connectivity index (χ1n) is 7.30. The summed E-state index contributed by atoms with van der Waals surface area (Å²) in [6.45, 7) is 1.67. The van der Waals surface area contributed by atoms with Crippen LogP contribution in [0.25, 0.3) is 0 Å². The highest BCUT2D eigenvalue weighted by Crippen LogP contribution is 2.37. The lowest BCUT2D eigenvalue weighted by Crippen LogP contribution is -2.35. The van der Waals surface area contributed by atoms with Crippen LogP contribution in [0, 0.1) is 5.41 Å². The Morgan fingerprint density at radius 3 is 2.63 bits per heavy atom. The fourth-order valence-electron chi connectivity index (χ4n) is 2.86. The molecule has 1 aromatic heterocycles. The van der Waals surface area contributed by atoms with Gasteiger partial charge in [-0.1, -0.05) is 24.4 Å². The highest BCUT2D eigenvalue weighted by molar-refractivity contribution is 4.95. The van der Waals surface area contributed by atoms with Gasteiger partial charge in [0.25, 0.3) is 0 Å². The first kappa shape index (κ1) is 14.5. The van der Waals surface area contributed by atoms with Crippen molar-refractivity contribution in [3.8, 4) is 0 Å². The number of rotatable bonds is 6. The van der Waals surface area contributed by atoms with E-state index in [1.807, 2.05) is 14.1 Å². The maximum atomic E-state index is 5.99. The molecule has 0 spiro atoms. The van der Waals surface area contributed by atoms with Gasteiger partial charge in [0, 0.05) is 19.4 Å². The molecule has 0 aliphatic heterocycles. The van der Waals surface area contributed by atoms with Gasteiger partial charge >= 0.3 is 0 Å². The predicted molar refractivity (Wildman–Crippen MR) is 74.8 cm³/mol. The van der Waals surface area contributed by atoms with Gasteiger partial charge in [-0.25, -0.2) is 0 Å². The van der Waals surface area contributed by atoms with Gasteiger partial charge in [0.1, 0.15) is 0 Å². The monoisotopic (exact) mass is 266 g/mol. The number of hydrogen-bond acceptors (Lipinski definition) is 5. The van der Waals surface area contributed by atoms with E-state index in [1.54, 1.807) is 0 Å². The third-order valence-corrected chi connectivity index (χ3v) is 4.17. The van der Waals surface area contributed by atoms with Crippen molar-refractivity contribution in [3.63, 3.8) is 0 Å². The second-order valence-corrected chi connectivity index (χ2v) is 6.10. The Morgan fingerprint density at radius 2 is 2.00 bits per heavy atom. The van der Waals surface area contributed by atoms with Crippen LogP contribution in [0.5, 0.6) is 0 Å². The van der Waals surface area contributed by atoms with Crippen molar-refractivity contribution in [2.75, 3.05) is 27.2 Å². The van der Waals surface area contributed by atoms with E-state index in [0.717, 1.165) is 37.6 Å². The van der Waals surface area contributed by atoms with Gasteiger partial charge in [-0.05, 0) is 38.9 Å². The molecule has 1 aliphatic carbocycles. The van der Waals surface area contributed by atoms with Crippen LogP contribution >= 0.6 is 0 Å². The molecule has 0 bridgehead atoms. The fraction of sp³-hybridized carbons (Fsp3) is 0.857. The summed E-state index contributed by atoms with van der Waals surface area (Å²) in [5.41, 5.74) is 6.19. The van der Waals surface area contributed by atoms with E-state index >= 15 is 0 Å². The summed E-state index contributed by atoms with van der Waals surface area (Å²) in [4.78, 5) is 6.63. The second kappa shape index (κ2) is 6.48. The minimum absolute atomic E-state index is 0.198. The molecule has 1 fully saturated rings. The molecular formula is C14H26N4O. The van der Waals surface area contributed by atoms with Gasteiger partial charge in [0.15, 0.2) is 5.82 Å². The Labute approximate surface area is 115 Å². The summed E-state index contributed by atoms with van der Waals surface area (Å²) in [6, 6.07) is 0. The van der Waals surface area contributed by atoms with Crippen LogP contribution in [-0.2, 0) is 12.8 Å². The van der Waals surface area contributed by atoms with Crippen LogP contribution in [0.2, 0.25) is 0 Å². The average Bonchev–Trinajstić information content (AvgIpc) is 2.85. The zero-order valence-electron chi connectivity index (χ0n) is 12.2. The van der Waals surface area contributed by atoms with Crippen LogP contribution in [0.1, 0.15) is 43.8 Å². The molecule has 1 saturated carbocycles. The van der Waals surface area contributed by atoms with Crippen LogP contribution < -0.4 is 5.73 Å². The number of nitrogens with two attached hydrogens (primary N) is 1. The molecule has 0 amide bonds. The van der Waals surface area contributed by atoms with Crippen LogP contribution in [0.4, 0.5) is 0 Å². The van der Waals surface area contributed by atoms with Gasteiger partial charge in [0.05, 0.1) is 0 Å². The van der Waals surface area contributed by atoms with Gasteiger partial charge in [0.2, 0.25) is 5.89 Å². The van der Waals surface area contributed by atoms with Crippen molar-refractivity contribution in [3.05, 3.63) is 11.7 Å². The van der Waals surface area contributed by atoms with E-state index in [0.29, 0.717) is 0 Å². The Balaban J connectivity index is 1.94. The van der Waals surface area contributed by atoms with Crippen molar-refractivity contribution in [1.82, 2.24) is 15.0 Å². The summed E-state index contributed by atoms with van der Waals surface area (Å²) in [7, 11) is 4.10. The Morgan fingerprint density at radius 1 is 1.26 bits per heavy atom. The van der Waals surface area contributed by atoms with Crippen molar-refractivity contribution < 1.29 is 4.52 Å². The van der Waals surface area contributed by atoms with Crippen molar-refractivity contribution in [2.45, 2.75) is 44.9 Å². The van der Waals surface area contributed by atoms with E-state index < -0.39 is 0 Å². The van der Waals surface area contributed by atoms with Crippen LogP contribution in [-0.4, -0.2) is 42.2 Å². The van der Waals surface area contributed by atoms with E-state index in [1.165, 1.54) is 32.1 Å². The zero-order valence-corrected chi connectivity index (χ0v) is 12.2. The van der Waals surface area contributed by atoms with E-state index in [9.17, 15) is 0 Å². The topological polar surface area (TPSA) is 68.2 Å². The number of hydrogen-bond donors (Lipinski definition) is 1. The van der Waals surface area contributed by atoms with E-state index in [-0.39, 0.29) is 5.41 Å². The first-order valence-corrected chi connectivity index (χ1v) is 7.30. The maximum absolute atomic E-state index is 5.99. The summed E-state index contributed by atoms with van der Waals surface area (Å²) in [5, 5.41) is 4.07. The molecule has 0 unspecified atom stereocenters. The van der Waals surface area contributed by atoms with Gasteiger partial charge in [-0.15, -0.1) is 0 Å². The molecule has 108 valence electrons. The molecule has 1 heterocycles. The number of aromatic nitrogens is 2. The molecule has 19 heavy (non-hydrogen) atoms. The fourth-order valence-corrected chi connectivity index (χ4v) is 2.86. The molecule has 2 rings (SSSR count). The van der Waals surface area contributed by atoms with Gasteiger partial charge < -0.3 is 15.2 Å². The first-order chi connectivity index (χ1) is 9.13. The third-order valence-electron chi connectivity index (χ3n) is 4.17. The molecule has 0 saturated heterocycles. The summed E-state index contributed by atoms with van der Waals surface area (Å²) >= 11 is 0. The normalized spacial score (nSPS) is 18.9. The lowest BCUT2D eigenvalue weighted by atomic mass is 9.72. The van der Waals surface area contributed by atoms with Crippen molar-refractivity contribution in [2.24, 2.45) is 11.1 Å². The standard InChI is InChI=1S/C14H26N4O/c1-18(2)9-6-12-16-13(19-17-12)10-14(11-15)7-4-3-5-8-14/h3-11,15H2,1-2H3. The molecule has 1 aromatic rings. The Bertz CT molecular complexity index is 383. The molecule has 5 nitrogen and oxygen atoms in total.